The van der Waals surface area contributed by atoms with Crippen LogP contribution in [-0.2, 0) is 6.42 Å². The van der Waals surface area contributed by atoms with Crippen molar-refractivity contribution in [3.63, 3.8) is 0 Å². The third-order valence-corrected chi connectivity index (χ3v) is 4.39. The van der Waals surface area contributed by atoms with Crippen molar-refractivity contribution in [3.05, 3.63) is 67.9 Å². The minimum Gasteiger partial charge on any atom is -0.271 e. The van der Waals surface area contributed by atoms with Gasteiger partial charge in [-0.25, -0.2) is 13.2 Å². The van der Waals surface area contributed by atoms with E-state index in [4.69, 9.17) is 5.84 Å². The second kappa shape index (κ2) is 6.91. The SMILES string of the molecule is NNC(Cc1c(F)ccc(Br)c1F)c1ccc(F)cc1Br. The number of hydrazine groups is 1. The van der Waals surface area contributed by atoms with Gasteiger partial charge in [0.25, 0.3) is 0 Å². The van der Waals surface area contributed by atoms with E-state index in [2.05, 4.69) is 37.3 Å². The predicted molar refractivity (Wildman–Crippen MR) is 81.9 cm³/mol. The lowest BCUT2D eigenvalue weighted by molar-refractivity contribution is 0.496. The van der Waals surface area contributed by atoms with Gasteiger partial charge in [-0.05, 0) is 52.2 Å². The number of benzene rings is 2. The molecule has 2 aromatic carbocycles. The van der Waals surface area contributed by atoms with Gasteiger partial charge in [0.05, 0.1) is 10.5 Å². The van der Waals surface area contributed by atoms with E-state index < -0.39 is 23.5 Å². The topological polar surface area (TPSA) is 38.0 Å². The second-order valence-corrected chi connectivity index (χ2v) is 6.12. The monoisotopic (exact) mass is 422 g/mol. The van der Waals surface area contributed by atoms with Gasteiger partial charge in [0.15, 0.2) is 0 Å². The lowest BCUT2D eigenvalue weighted by Gasteiger charge is -2.19. The van der Waals surface area contributed by atoms with E-state index in [-0.39, 0.29) is 16.5 Å². The lowest BCUT2D eigenvalue weighted by Crippen LogP contribution is -2.30. The van der Waals surface area contributed by atoms with E-state index in [9.17, 15) is 13.2 Å². The van der Waals surface area contributed by atoms with E-state index in [1.54, 1.807) is 0 Å². The molecule has 0 aliphatic heterocycles. The number of nitrogens with one attached hydrogen (secondary N) is 1. The van der Waals surface area contributed by atoms with Crippen LogP contribution in [0.2, 0.25) is 0 Å². The molecule has 1 unspecified atom stereocenters. The average Bonchev–Trinajstić information content (AvgIpc) is 2.44. The number of hydrogen-bond donors (Lipinski definition) is 2. The van der Waals surface area contributed by atoms with Crippen molar-refractivity contribution in [3.8, 4) is 0 Å². The summed E-state index contributed by atoms with van der Waals surface area (Å²) in [5.41, 5.74) is 3.01. The minimum atomic E-state index is -0.673. The quantitative estimate of drug-likeness (QED) is 0.435. The number of hydrogen-bond acceptors (Lipinski definition) is 2. The fourth-order valence-electron chi connectivity index (χ4n) is 2.00. The zero-order valence-electron chi connectivity index (χ0n) is 10.6. The van der Waals surface area contributed by atoms with Gasteiger partial charge >= 0.3 is 0 Å². The van der Waals surface area contributed by atoms with Crippen molar-refractivity contribution in [1.82, 2.24) is 5.43 Å². The van der Waals surface area contributed by atoms with Crippen molar-refractivity contribution >= 4 is 31.9 Å². The first-order valence-electron chi connectivity index (χ1n) is 5.97. The first-order chi connectivity index (χ1) is 9.93. The van der Waals surface area contributed by atoms with Crippen LogP contribution in [0, 0.1) is 17.5 Å². The van der Waals surface area contributed by atoms with Crippen molar-refractivity contribution in [2.24, 2.45) is 5.84 Å². The average molecular weight is 424 g/mol. The van der Waals surface area contributed by atoms with Crippen LogP contribution >= 0.6 is 31.9 Å². The molecule has 0 aromatic heterocycles. The fourth-order valence-corrected chi connectivity index (χ4v) is 3.00. The summed E-state index contributed by atoms with van der Waals surface area (Å²) in [6.45, 7) is 0. The largest absolute Gasteiger partial charge is 0.271 e. The zero-order chi connectivity index (χ0) is 15.6. The molecular weight excluding hydrogens is 413 g/mol. The van der Waals surface area contributed by atoms with Crippen molar-refractivity contribution < 1.29 is 13.2 Å². The Morgan fingerprint density at radius 2 is 1.76 bits per heavy atom. The molecule has 2 aromatic rings. The smallest absolute Gasteiger partial charge is 0.143 e. The highest BCUT2D eigenvalue weighted by Gasteiger charge is 2.20. The molecule has 0 bridgehead atoms. The Hall–Kier alpha value is -0.890. The first kappa shape index (κ1) is 16.5. The maximum absolute atomic E-state index is 14.0. The molecule has 112 valence electrons. The third-order valence-electron chi connectivity index (χ3n) is 3.09. The molecule has 1 atom stereocenters. The minimum absolute atomic E-state index is 0.0160. The molecule has 0 saturated carbocycles. The van der Waals surface area contributed by atoms with E-state index in [0.717, 1.165) is 0 Å². The van der Waals surface area contributed by atoms with Gasteiger partial charge in [0, 0.05) is 10.0 Å². The summed E-state index contributed by atoms with van der Waals surface area (Å²) in [6, 6.07) is 5.95. The van der Waals surface area contributed by atoms with E-state index >= 15 is 0 Å². The molecule has 7 heteroatoms. The summed E-state index contributed by atoms with van der Waals surface area (Å²) in [5.74, 6) is 3.73. The van der Waals surface area contributed by atoms with Crippen LogP contribution in [0.25, 0.3) is 0 Å². The molecule has 0 heterocycles. The van der Waals surface area contributed by atoms with Gasteiger partial charge in [-0.2, -0.15) is 0 Å². The van der Waals surface area contributed by atoms with E-state index in [1.807, 2.05) is 0 Å². The standard InChI is InChI=1S/C14H11Br2F3N2/c15-10-3-4-12(18)9(14(10)19)6-13(21-20)8-2-1-7(17)5-11(8)16/h1-5,13,21H,6,20H2. The summed E-state index contributed by atoms with van der Waals surface area (Å²) < 4.78 is 41.6. The van der Waals surface area contributed by atoms with Crippen LogP contribution in [0.5, 0.6) is 0 Å². The summed E-state index contributed by atoms with van der Waals surface area (Å²) in [7, 11) is 0. The number of nitrogens with two attached hydrogens (primary N) is 1. The predicted octanol–water partition coefficient (Wildman–Crippen LogP) is 4.38. The van der Waals surface area contributed by atoms with Crippen molar-refractivity contribution in [1.29, 1.82) is 0 Å². The van der Waals surface area contributed by atoms with Crippen LogP contribution < -0.4 is 11.3 Å². The second-order valence-electron chi connectivity index (χ2n) is 4.41. The van der Waals surface area contributed by atoms with Crippen molar-refractivity contribution in [2.45, 2.75) is 12.5 Å². The maximum atomic E-state index is 14.0. The maximum Gasteiger partial charge on any atom is 0.143 e. The van der Waals surface area contributed by atoms with Crippen molar-refractivity contribution in [2.75, 3.05) is 0 Å². The molecule has 2 rings (SSSR count). The number of halogens is 5. The van der Waals surface area contributed by atoms with E-state index in [0.29, 0.717) is 10.0 Å². The first-order valence-corrected chi connectivity index (χ1v) is 7.56. The van der Waals surface area contributed by atoms with Crippen LogP contribution in [0.15, 0.2) is 39.3 Å². The summed E-state index contributed by atoms with van der Waals surface area (Å²) in [5, 5.41) is 0. The lowest BCUT2D eigenvalue weighted by atomic mass is 9.98. The summed E-state index contributed by atoms with van der Waals surface area (Å²) in [4.78, 5) is 0. The van der Waals surface area contributed by atoms with Gasteiger partial charge in [0.2, 0.25) is 0 Å². The van der Waals surface area contributed by atoms with Gasteiger partial charge in [0.1, 0.15) is 17.5 Å². The Labute approximate surface area is 136 Å². The molecule has 0 radical (unpaired) electrons. The highest BCUT2D eigenvalue weighted by atomic mass is 79.9. The molecule has 0 amide bonds. The Morgan fingerprint density at radius 3 is 2.38 bits per heavy atom. The van der Waals surface area contributed by atoms with Gasteiger partial charge < -0.3 is 0 Å². The Kier molecular flexibility index (Phi) is 5.43. The summed E-state index contributed by atoms with van der Waals surface area (Å²) in [6.07, 6.45) is -0.0160. The Morgan fingerprint density at radius 1 is 1.05 bits per heavy atom. The molecule has 0 spiro atoms. The zero-order valence-corrected chi connectivity index (χ0v) is 13.8. The highest BCUT2D eigenvalue weighted by molar-refractivity contribution is 9.10. The molecule has 0 fully saturated rings. The molecule has 3 N–H and O–H groups in total. The van der Waals surface area contributed by atoms with E-state index in [1.165, 1.54) is 30.3 Å². The molecule has 2 nitrogen and oxygen atoms in total. The normalized spacial score (nSPS) is 12.5. The third kappa shape index (κ3) is 3.66. The number of rotatable bonds is 4. The molecule has 0 saturated heterocycles. The Balaban J connectivity index is 2.38. The van der Waals surface area contributed by atoms with Crippen LogP contribution in [-0.4, -0.2) is 0 Å². The van der Waals surface area contributed by atoms with Crippen LogP contribution in [0.4, 0.5) is 13.2 Å². The van der Waals surface area contributed by atoms with Gasteiger partial charge in [-0.1, -0.05) is 22.0 Å². The van der Waals surface area contributed by atoms with Gasteiger partial charge in [-0.3, -0.25) is 11.3 Å². The Bertz CT molecular complexity index is 665. The van der Waals surface area contributed by atoms with Crippen LogP contribution in [0.3, 0.4) is 0 Å². The molecule has 0 aliphatic rings. The molecule has 0 aliphatic carbocycles. The fraction of sp³-hybridized carbons (Fsp3) is 0.143. The van der Waals surface area contributed by atoms with Crippen LogP contribution in [0.1, 0.15) is 17.2 Å². The van der Waals surface area contributed by atoms with Gasteiger partial charge in [-0.15, -0.1) is 0 Å². The summed E-state index contributed by atoms with van der Waals surface area (Å²) >= 11 is 6.24. The highest BCUT2D eigenvalue weighted by Crippen LogP contribution is 2.30. The molecule has 21 heavy (non-hydrogen) atoms. The molecular formula is C14H11Br2F3N2.